The lowest BCUT2D eigenvalue weighted by molar-refractivity contribution is -0.121. The van der Waals surface area contributed by atoms with Crippen LogP contribution in [0, 0.1) is 6.92 Å². The molecule has 1 saturated carbocycles. The van der Waals surface area contributed by atoms with E-state index in [1.165, 1.54) is 0 Å². The van der Waals surface area contributed by atoms with Gasteiger partial charge in [-0.1, -0.05) is 6.92 Å². The van der Waals surface area contributed by atoms with Crippen LogP contribution in [0.25, 0.3) is 0 Å². The highest BCUT2D eigenvalue weighted by Crippen LogP contribution is 2.24. The molecule has 1 fully saturated rings. The van der Waals surface area contributed by atoms with Crippen LogP contribution in [-0.4, -0.2) is 27.8 Å². The van der Waals surface area contributed by atoms with Gasteiger partial charge in [0.2, 0.25) is 5.91 Å². The van der Waals surface area contributed by atoms with E-state index in [0.717, 1.165) is 37.3 Å². The van der Waals surface area contributed by atoms with Gasteiger partial charge in [-0.15, -0.1) is 0 Å². The van der Waals surface area contributed by atoms with Gasteiger partial charge in [-0.05, 0) is 33.1 Å². The van der Waals surface area contributed by atoms with E-state index in [-0.39, 0.29) is 11.9 Å². The van der Waals surface area contributed by atoms with E-state index in [0.29, 0.717) is 11.7 Å². The molecule has 0 aliphatic heterocycles. The maximum Gasteiger partial charge on any atom is 0.242 e. The molecule has 0 aromatic carbocycles. The number of nitrogen functional groups attached to an aromatic ring is 1. The van der Waals surface area contributed by atoms with Gasteiger partial charge in [-0.3, -0.25) is 4.79 Å². The maximum absolute atomic E-state index is 11.9. The van der Waals surface area contributed by atoms with Crippen LogP contribution in [0.1, 0.15) is 38.8 Å². The monoisotopic (exact) mass is 265 g/mol. The topological polar surface area (TPSA) is 85.0 Å². The predicted octanol–water partition coefficient (Wildman–Crippen LogP) is 1.26. The molecule has 1 aromatic heterocycles. The van der Waals surface area contributed by atoms with Gasteiger partial charge in [-0.2, -0.15) is 5.10 Å². The first-order valence-corrected chi connectivity index (χ1v) is 6.92. The molecule has 1 aliphatic carbocycles. The first-order chi connectivity index (χ1) is 9.02. The molecular formula is C13H23N5O. The Bertz CT molecular complexity index is 464. The highest BCUT2D eigenvalue weighted by atomic mass is 16.2. The third kappa shape index (κ3) is 3.19. The summed E-state index contributed by atoms with van der Waals surface area (Å²) < 4.78 is 1.84. The number of hydrogen-bond donors (Lipinski definition) is 3. The highest BCUT2D eigenvalue weighted by Gasteiger charge is 2.26. The van der Waals surface area contributed by atoms with Crippen LogP contribution < -0.4 is 16.4 Å². The van der Waals surface area contributed by atoms with Crippen LogP contribution >= 0.6 is 0 Å². The van der Waals surface area contributed by atoms with Gasteiger partial charge in [-0.25, -0.2) is 4.68 Å². The van der Waals surface area contributed by atoms with E-state index in [2.05, 4.69) is 22.7 Å². The molecule has 0 bridgehead atoms. The Balaban J connectivity index is 2.05. The normalized spacial score (nSPS) is 16.2. The number of rotatable bonds is 6. The van der Waals surface area contributed by atoms with Gasteiger partial charge in [0.25, 0.3) is 0 Å². The van der Waals surface area contributed by atoms with Crippen molar-refractivity contribution in [2.45, 2.75) is 58.7 Å². The molecule has 0 radical (unpaired) electrons. The molecule has 1 aromatic rings. The average molecular weight is 265 g/mol. The minimum Gasteiger partial charge on any atom is -0.394 e. The lowest BCUT2D eigenvalue weighted by atomic mass is 10.3. The molecule has 19 heavy (non-hydrogen) atoms. The second kappa shape index (κ2) is 5.50. The zero-order chi connectivity index (χ0) is 14.0. The summed E-state index contributed by atoms with van der Waals surface area (Å²) in [6.07, 6.45) is 3.15. The number of aromatic nitrogens is 2. The number of hydrogen-bond acceptors (Lipinski definition) is 4. The van der Waals surface area contributed by atoms with Crippen molar-refractivity contribution in [3.8, 4) is 0 Å². The summed E-state index contributed by atoms with van der Waals surface area (Å²) in [5, 5.41) is 10.5. The van der Waals surface area contributed by atoms with Crippen LogP contribution in [0.15, 0.2) is 0 Å². The van der Waals surface area contributed by atoms with Crippen LogP contribution in [-0.2, 0) is 11.3 Å². The number of carbonyl (C=O) groups excluding carboxylic acids is 1. The summed E-state index contributed by atoms with van der Waals surface area (Å²) in [6.45, 7) is 6.59. The van der Waals surface area contributed by atoms with Gasteiger partial charge in [0.1, 0.15) is 11.9 Å². The van der Waals surface area contributed by atoms with E-state index in [9.17, 15) is 4.79 Å². The number of aryl methyl sites for hydroxylation is 2. The van der Waals surface area contributed by atoms with Crippen molar-refractivity contribution in [3.63, 3.8) is 0 Å². The van der Waals surface area contributed by atoms with Crippen LogP contribution in [0.3, 0.4) is 0 Å². The first kappa shape index (κ1) is 13.7. The number of amides is 1. The number of anilines is 2. The minimum absolute atomic E-state index is 0.0174. The van der Waals surface area contributed by atoms with E-state index in [1.807, 2.05) is 18.5 Å². The van der Waals surface area contributed by atoms with Gasteiger partial charge >= 0.3 is 0 Å². The van der Waals surface area contributed by atoms with Crippen molar-refractivity contribution in [1.29, 1.82) is 0 Å². The Hall–Kier alpha value is -1.72. The molecular weight excluding hydrogens is 242 g/mol. The molecule has 2 rings (SSSR count). The van der Waals surface area contributed by atoms with Crippen LogP contribution in [0.4, 0.5) is 11.5 Å². The predicted molar refractivity (Wildman–Crippen MR) is 75.9 cm³/mol. The second-order valence-electron chi connectivity index (χ2n) is 5.22. The molecule has 6 heteroatoms. The van der Waals surface area contributed by atoms with Crippen molar-refractivity contribution >= 4 is 17.4 Å². The largest absolute Gasteiger partial charge is 0.394 e. The maximum atomic E-state index is 11.9. The number of nitrogens with two attached hydrogens (primary N) is 1. The van der Waals surface area contributed by atoms with E-state index < -0.39 is 0 Å². The van der Waals surface area contributed by atoms with Crippen LogP contribution in [0.5, 0.6) is 0 Å². The second-order valence-corrected chi connectivity index (χ2v) is 5.22. The quantitative estimate of drug-likeness (QED) is 0.723. The number of nitrogens with zero attached hydrogens (tertiary/aromatic N) is 2. The SMILES string of the molecule is CCCn1nc(C)c(N)c1NC(C)C(=O)NC1CC1. The van der Waals surface area contributed by atoms with E-state index >= 15 is 0 Å². The zero-order valence-corrected chi connectivity index (χ0v) is 11.9. The van der Waals surface area contributed by atoms with E-state index in [1.54, 1.807) is 0 Å². The van der Waals surface area contributed by atoms with Gasteiger partial charge < -0.3 is 16.4 Å². The summed E-state index contributed by atoms with van der Waals surface area (Å²) in [5.74, 6) is 0.765. The fraction of sp³-hybridized carbons (Fsp3) is 0.692. The summed E-state index contributed by atoms with van der Waals surface area (Å²) in [5.41, 5.74) is 7.44. The van der Waals surface area contributed by atoms with Crippen molar-refractivity contribution in [2.75, 3.05) is 11.1 Å². The van der Waals surface area contributed by atoms with Crippen molar-refractivity contribution in [3.05, 3.63) is 5.69 Å². The van der Waals surface area contributed by atoms with Crippen molar-refractivity contribution in [1.82, 2.24) is 15.1 Å². The Morgan fingerprint density at radius 3 is 2.84 bits per heavy atom. The molecule has 6 nitrogen and oxygen atoms in total. The molecule has 1 atom stereocenters. The molecule has 1 heterocycles. The smallest absolute Gasteiger partial charge is 0.242 e. The first-order valence-electron chi connectivity index (χ1n) is 6.92. The Morgan fingerprint density at radius 1 is 1.58 bits per heavy atom. The van der Waals surface area contributed by atoms with Crippen molar-refractivity contribution in [2.24, 2.45) is 0 Å². The van der Waals surface area contributed by atoms with Gasteiger partial charge in [0.05, 0.1) is 11.4 Å². The average Bonchev–Trinajstić information content (AvgIpc) is 3.13. The van der Waals surface area contributed by atoms with Gasteiger partial charge in [0.15, 0.2) is 0 Å². The lowest BCUT2D eigenvalue weighted by Crippen LogP contribution is -2.39. The Morgan fingerprint density at radius 2 is 2.26 bits per heavy atom. The zero-order valence-electron chi connectivity index (χ0n) is 11.9. The third-order valence-electron chi connectivity index (χ3n) is 3.28. The van der Waals surface area contributed by atoms with E-state index in [4.69, 9.17) is 5.73 Å². The number of nitrogens with one attached hydrogen (secondary N) is 2. The summed E-state index contributed by atoms with van der Waals surface area (Å²) in [6, 6.07) is 0.0611. The third-order valence-corrected chi connectivity index (χ3v) is 3.28. The summed E-state index contributed by atoms with van der Waals surface area (Å²) in [7, 11) is 0. The fourth-order valence-corrected chi connectivity index (χ4v) is 1.95. The Kier molecular flexibility index (Phi) is 3.97. The van der Waals surface area contributed by atoms with Crippen molar-refractivity contribution < 1.29 is 4.79 Å². The molecule has 1 amide bonds. The molecule has 0 spiro atoms. The number of carbonyl (C=O) groups is 1. The summed E-state index contributed by atoms with van der Waals surface area (Å²) in [4.78, 5) is 11.9. The molecule has 106 valence electrons. The molecule has 1 unspecified atom stereocenters. The summed E-state index contributed by atoms with van der Waals surface area (Å²) >= 11 is 0. The standard InChI is InChI=1S/C13H23N5O/c1-4-7-18-12(11(14)8(2)17-18)15-9(3)13(19)16-10-5-6-10/h9-10,15H,4-7,14H2,1-3H3,(H,16,19). The molecule has 4 N–H and O–H groups in total. The lowest BCUT2D eigenvalue weighted by Gasteiger charge is -2.16. The highest BCUT2D eigenvalue weighted by molar-refractivity contribution is 5.85. The fourth-order valence-electron chi connectivity index (χ4n) is 1.95. The minimum atomic E-state index is -0.311. The Labute approximate surface area is 113 Å². The molecule has 0 saturated heterocycles. The molecule has 1 aliphatic rings. The van der Waals surface area contributed by atoms with Crippen LogP contribution in [0.2, 0.25) is 0 Å². The van der Waals surface area contributed by atoms with Gasteiger partial charge in [0, 0.05) is 12.6 Å².